The molecular formula is C17H15ClN4O3. The van der Waals surface area contributed by atoms with Gasteiger partial charge in [0.05, 0.1) is 0 Å². The van der Waals surface area contributed by atoms with Gasteiger partial charge in [-0.15, -0.1) is 0 Å². The van der Waals surface area contributed by atoms with Gasteiger partial charge in [-0.1, -0.05) is 23.7 Å². The molecule has 25 heavy (non-hydrogen) atoms. The summed E-state index contributed by atoms with van der Waals surface area (Å²) in [5.41, 5.74) is -0.0441. The number of nitrogens with one attached hydrogen (secondary N) is 1. The van der Waals surface area contributed by atoms with Crippen LogP contribution in [0.2, 0.25) is 5.02 Å². The normalized spacial score (nSPS) is 12.5. The molecule has 8 heteroatoms. The third-order valence-corrected chi connectivity index (χ3v) is 4.36. The maximum absolute atomic E-state index is 12.4. The largest absolute Gasteiger partial charge is 0.350 e. The maximum atomic E-state index is 12.4. The first-order chi connectivity index (χ1) is 12.0. The Morgan fingerprint density at radius 3 is 2.88 bits per heavy atom. The molecule has 1 amide bonds. The van der Waals surface area contributed by atoms with E-state index in [2.05, 4.69) is 5.32 Å². The predicted octanol–water partition coefficient (Wildman–Crippen LogP) is 0.798. The molecule has 0 fully saturated rings. The number of carbonyl (C=O) groups excluding carboxylic acids is 1. The lowest BCUT2D eigenvalue weighted by molar-refractivity contribution is -0.121. The molecule has 1 N–H and O–H groups in total. The number of benzene rings is 1. The van der Waals surface area contributed by atoms with Crippen LogP contribution < -0.4 is 16.6 Å². The second kappa shape index (κ2) is 6.95. The van der Waals surface area contributed by atoms with E-state index in [1.54, 1.807) is 24.3 Å². The van der Waals surface area contributed by atoms with Gasteiger partial charge >= 0.3 is 5.69 Å². The van der Waals surface area contributed by atoms with Gasteiger partial charge in [-0.2, -0.15) is 5.26 Å². The van der Waals surface area contributed by atoms with Crippen molar-refractivity contribution >= 4 is 17.5 Å². The van der Waals surface area contributed by atoms with Crippen molar-refractivity contribution in [3.63, 3.8) is 0 Å². The molecule has 0 saturated heterocycles. The third kappa shape index (κ3) is 3.35. The van der Waals surface area contributed by atoms with E-state index in [4.69, 9.17) is 11.6 Å². The fraction of sp³-hybridized carbons (Fsp3) is 0.294. The molecule has 0 saturated carbocycles. The van der Waals surface area contributed by atoms with E-state index in [0.717, 1.165) is 10.1 Å². The summed E-state index contributed by atoms with van der Waals surface area (Å²) in [6, 6.07) is 8.87. The minimum atomic E-state index is -0.710. The van der Waals surface area contributed by atoms with Crippen molar-refractivity contribution < 1.29 is 4.79 Å². The van der Waals surface area contributed by atoms with E-state index in [1.807, 2.05) is 6.07 Å². The van der Waals surface area contributed by atoms with E-state index >= 15 is 0 Å². The van der Waals surface area contributed by atoms with E-state index in [9.17, 15) is 19.6 Å². The molecule has 3 rings (SSSR count). The molecular weight excluding hydrogens is 344 g/mol. The molecule has 1 aliphatic rings. The number of halogens is 1. The summed E-state index contributed by atoms with van der Waals surface area (Å²) in [5, 5.41) is 12.4. The minimum Gasteiger partial charge on any atom is -0.350 e. The zero-order valence-corrected chi connectivity index (χ0v) is 14.0. The van der Waals surface area contributed by atoms with Crippen molar-refractivity contribution in [2.75, 3.05) is 0 Å². The fourth-order valence-electron chi connectivity index (χ4n) is 2.94. The molecule has 0 spiro atoms. The highest BCUT2D eigenvalue weighted by Crippen LogP contribution is 2.13. The average Bonchev–Trinajstić information content (AvgIpc) is 3.07. The van der Waals surface area contributed by atoms with E-state index < -0.39 is 23.7 Å². The van der Waals surface area contributed by atoms with Gasteiger partial charge in [0.25, 0.3) is 5.56 Å². The number of carbonyl (C=O) groups is 1. The second-order valence-corrected chi connectivity index (χ2v) is 6.21. The van der Waals surface area contributed by atoms with Crippen LogP contribution in [0.4, 0.5) is 0 Å². The zero-order valence-electron chi connectivity index (χ0n) is 13.3. The van der Waals surface area contributed by atoms with Gasteiger partial charge in [0.1, 0.15) is 18.2 Å². The van der Waals surface area contributed by atoms with Crippen LogP contribution in [-0.4, -0.2) is 15.0 Å². The maximum Gasteiger partial charge on any atom is 0.331 e. The summed E-state index contributed by atoms with van der Waals surface area (Å²) < 4.78 is 2.23. The molecule has 128 valence electrons. The SMILES string of the molecule is N#Cc1c2n(c(=O)n(CC(=O)NCc3cccc(Cl)c3)c1=O)CCC2. The third-order valence-electron chi connectivity index (χ3n) is 4.12. The summed E-state index contributed by atoms with van der Waals surface area (Å²) >= 11 is 5.89. The molecule has 0 radical (unpaired) electrons. The van der Waals surface area contributed by atoms with Crippen LogP contribution in [0, 0.1) is 11.3 Å². The number of nitriles is 1. The van der Waals surface area contributed by atoms with E-state index in [1.165, 1.54) is 4.57 Å². The Labute approximate surface area is 148 Å². The number of nitrogens with zero attached hydrogens (tertiary/aromatic N) is 3. The molecule has 7 nitrogen and oxygen atoms in total. The Bertz CT molecular complexity index is 1000. The van der Waals surface area contributed by atoms with Crippen molar-refractivity contribution in [1.29, 1.82) is 5.26 Å². The lowest BCUT2D eigenvalue weighted by Gasteiger charge is -2.11. The van der Waals surface area contributed by atoms with Crippen LogP contribution in [0.15, 0.2) is 33.9 Å². The van der Waals surface area contributed by atoms with E-state index in [0.29, 0.717) is 30.1 Å². The molecule has 1 aromatic heterocycles. The van der Waals surface area contributed by atoms with Crippen LogP contribution in [0.3, 0.4) is 0 Å². The standard InChI is InChI=1S/C17H15ClN4O3/c18-12-4-1-3-11(7-12)9-20-15(23)10-22-16(24)13(8-19)14-5-2-6-21(14)17(22)25/h1,3-4,7H,2,5-6,9-10H2,(H,20,23). The molecule has 0 unspecified atom stereocenters. The lowest BCUT2D eigenvalue weighted by Crippen LogP contribution is -2.45. The topological polar surface area (TPSA) is 96.9 Å². The van der Waals surface area contributed by atoms with Gasteiger partial charge in [0.15, 0.2) is 0 Å². The summed E-state index contributed by atoms with van der Waals surface area (Å²) in [5.74, 6) is -0.485. The van der Waals surface area contributed by atoms with Crippen molar-refractivity contribution in [2.24, 2.45) is 0 Å². The minimum absolute atomic E-state index is 0.0558. The number of hydrogen-bond donors (Lipinski definition) is 1. The van der Waals surface area contributed by atoms with Crippen LogP contribution in [0.1, 0.15) is 23.2 Å². The first kappa shape index (κ1) is 17.0. The Morgan fingerprint density at radius 2 is 2.16 bits per heavy atom. The van der Waals surface area contributed by atoms with Crippen LogP contribution in [-0.2, 0) is 30.8 Å². The highest BCUT2D eigenvalue weighted by atomic mass is 35.5. The summed E-state index contributed by atoms with van der Waals surface area (Å²) in [4.78, 5) is 36.9. The molecule has 1 aromatic carbocycles. The molecule has 0 bridgehead atoms. The van der Waals surface area contributed by atoms with Gasteiger partial charge in [-0.3, -0.25) is 14.2 Å². The van der Waals surface area contributed by atoms with Gasteiger partial charge in [-0.25, -0.2) is 9.36 Å². The first-order valence-electron chi connectivity index (χ1n) is 7.79. The molecule has 0 atom stereocenters. The Hall–Kier alpha value is -2.85. The Balaban J connectivity index is 1.81. The number of amides is 1. The Morgan fingerprint density at radius 1 is 1.36 bits per heavy atom. The summed E-state index contributed by atoms with van der Waals surface area (Å²) in [7, 11) is 0. The van der Waals surface area contributed by atoms with Crippen LogP contribution >= 0.6 is 11.6 Å². The average molecular weight is 359 g/mol. The Kier molecular flexibility index (Phi) is 4.72. The highest BCUT2D eigenvalue weighted by molar-refractivity contribution is 6.30. The molecule has 2 heterocycles. The number of hydrogen-bond acceptors (Lipinski definition) is 4. The van der Waals surface area contributed by atoms with Gasteiger partial charge in [0.2, 0.25) is 5.91 Å². The summed E-state index contributed by atoms with van der Waals surface area (Å²) in [6.07, 6.45) is 1.23. The highest BCUT2D eigenvalue weighted by Gasteiger charge is 2.23. The summed E-state index contributed by atoms with van der Waals surface area (Å²) in [6.45, 7) is 0.256. The van der Waals surface area contributed by atoms with Crippen molar-refractivity contribution in [3.8, 4) is 6.07 Å². The predicted molar refractivity (Wildman–Crippen MR) is 91.3 cm³/mol. The molecule has 1 aliphatic heterocycles. The number of fused-ring (bicyclic) bond motifs is 1. The molecule has 2 aromatic rings. The zero-order chi connectivity index (χ0) is 18.0. The fourth-order valence-corrected chi connectivity index (χ4v) is 3.15. The van der Waals surface area contributed by atoms with Gasteiger partial charge in [-0.05, 0) is 30.5 Å². The second-order valence-electron chi connectivity index (χ2n) is 5.77. The lowest BCUT2D eigenvalue weighted by atomic mass is 10.2. The first-order valence-corrected chi connectivity index (χ1v) is 8.17. The van der Waals surface area contributed by atoms with Crippen molar-refractivity contribution in [2.45, 2.75) is 32.5 Å². The monoisotopic (exact) mass is 358 g/mol. The molecule has 0 aliphatic carbocycles. The van der Waals surface area contributed by atoms with Crippen LogP contribution in [0.25, 0.3) is 0 Å². The van der Waals surface area contributed by atoms with E-state index in [-0.39, 0.29) is 12.1 Å². The van der Waals surface area contributed by atoms with Gasteiger partial charge < -0.3 is 5.32 Å². The van der Waals surface area contributed by atoms with Gasteiger partial charge in [0, 0.05) is 23.8 Å². The number of rotatable bonds is 4. The quantitative estimate of drug-likeness (QED) is 0.874. The number of aromatic nitrogens is 2. The van der Waals surface area contributed by atoms with Crippen molar-refractivity contribution in [3.05, 3.63) is 66.9 Å². The van der Waals surface area contributed by atoms with Crippen molar-refractivity contribution in [1.82, 2.24) is 14.5 Å². The van der Waals surface area contributed by atoms with Crippen LogP contribution in [0.5, 0.6) is 0 Å². The smallest absolute Gasteiger partial charge is 0.331 e.